The molecule has 2 aliphatic carbocycles. The van der Waals surface area contributed by atoms with Crippen LogP contribution in [0.3, 0.4) is 0 Å². The van der Waals surface area contributed by atoms with Gasteiger partial charge in [-0.3, -0.25) is 14.3 Å². The highest BCUT2D eigenvalue weighted by molar-refractivity contribution is 5.92. The number of hydrogen-bond acceptors (Lipinski definition) is 3. The molecule has 1 aromatic heterocycles. The highest BCUT2D eigenvalue weighted by Crippen LogP contribution is 2.59. The van der Waals surface area contributed by atoms with E-state index in [0.29, 0.717) is 24.8 Å². The third-order valence-electron chi connectivity index (χ3n) is 6.09. The molecule has 3 aliphatic rings. The van der Waals surface area contributed by atoms with Crippen LogP contribution >= 0.6 is 0 Å². The Balaban J connectivity index is 1.43. The van der Waals surface area contributed by atoms with E-state index < -0.39 is 5.97 Å². The molecule has 4 rings (SSSR count). The van der Waals surface area contributed by atoms with Crippen LogP contribution in [0.2, 0.25) is 0 Å². The molecule has 0 bridgehead atoms. The minimum Gasteiger partial charge on any atom is -0.481 e. The van der Waals surface area contributed by atoms with Gasteiger partial charge in [-0.2, -0.15) is 5.10 Å². The van der Waals surface area contributed by atoms with Crippen LogP contribution in [0.4, 0.5) is 0 Å². The fourth-order valence-corrected chi connectivity index (χ4v) is 4.49. The minimum absolute atomic E-state index is 0.0334. The molecule has 0 unspecified atom stereocenters. The number of carboxylic acid groups (broad SMARTS) is 1. The van der Waals surface area contributed by atoms with Gasteiger partial charge in [0, 0.05) is 19.3 Å². The van der Waals surface area contributed by atoms with E-state index >= 15 is 0 Å². The molecule has 6 heteroatoms. The molecule has 3 fully saturated rings. The van der Waals surface area contributed by atoms with Gasteiger partial charge in [0.05, 0.1) is 12.0 Å². The van der Waals surface area contributed by atoms with Crippen molar-refractivity contribution >= 4 is 11.9 Å². The maximum atomic E-state index is 12.8. The number of hydrogen-bond donors (Lipinski definition) is 1. The number of amides is 1. The second-order valence-corrected chi connectivity index (χ2v) is 7.35. The van der Waals surface area contributed by atoms with Gasteiger partial charge >= 0.3 is 5.97 Å². The summed E-state index contributed by atoms with van der Waals surface area (Å²) in [5.74, 6) is -0.815. The minimum atomic E-state index is -0.677. The van der Waals surface area contributed by atoms with Gasteiger partial charge in [0.2, 0.25) is 0 Å². The zero-order valence-electron chi connectivity index (χ0n) is 13.3. The molecule has 1 aromatic rings. The highest BCUT2D eigenvalue weighted by atomic mass is 16.4. The fraction of sp³-hybridized carbons (Fsp3) is 0.706. The average molecular weight is 317 g/mol. The van der Waals surface area contributed by atoms with Crippen LogP contribution in [0.15, 0.2) is 12.3 Å². The van der Waals surface area contributed by atoms with Crippen molar-refractivity contribution in [2.45, 2.75) is 51.0 Å². The fourth-order valence-electron chi connectivity index (χ4n) is 4.49. The zero-order valence-corrected chi connectivity index (χ0v) is 13.3. The van der Waals surface area contributed by atoms with Crippen LogP contribution < -0.4 is 0 Å². The Morgan fingerprint density at radius 1 is 1.22 bits per heavy atom. The normalized spacial score (nSPS) is 26.6. The quantitative estimate of drug-likeness (QED) is 0.928. The van der Waals surface area contributed by atoms with Crippen molar-refractivity contribution in [2.75, 3.05) is 13.1 Å². The first-order valence-corrected chi connectivity index (χ1v) is 8.66. The van der Waals surface area contributed by atoms with Gasteiger partial charge < -0.3 is 10.0 Å². The van der Waals surface area contributed by atoms with Crippen molar-refractivity contribution < 1.29 is 14.7 Å². The van der Waals surface area contributed by atoms with Crippen LogP contribution in [-0.4, -0.2) is 44.8 Å². The van der Waals surface area contributed by atoms with Gasteiger partial charge in [-0.15, -0.1) is 0 Å². The summed E-state index contributed by atoms with van der Waals surface area (Å²) >= 11 is 0. The van der Waals surface area contributed by atoms with E-state index in [9.17, 15) is 9.59 Å². The summed E-state index contributed by atoms with van der Waals surface area (Å²) < 4.78 is 1.91. The highest BCUT2D eigenvalue weighted by Gasteiger charge is 2.59. The lowest BCUT2D eigenvalue weighted by atomic mass is 9.90. The van der Waals surface area contributed by atoms with E-state index in [2.05, 4.69) is 5.10 Å². The lowest BCUT2D eigenvalue weighted by Gasteiger charge is -2.33. The summed E-state index contributed by atoms with van der Waals surface area (Å²) in [4.78, 5) is 25.9. The van der Waals surface area contributed by atoms with E-state index in [0.717, 1.165) is 32.1 Å². The van der Waals surface area contributed by atoms with Crippen LogP contribution in [-0.2, 0) is 4.79 Å². The van der Waals surface area contributed by atoms with Gasteiger partial charge in [0.15, 0.2) is 0 Å². The number of carbonyl (C=O) groups is 2. The SMILES string of the molecule is O=C(O)[C@H]1CC12CCN(C(=O)c1ccnn1C1CCCC1)CC2. The Kier molecular flexibility index (Phi) is 3.43. The van der Waals surface area contributed by atoms with Gasteiger partial charge in [-0.25, -0.2) is 0 Å². The van der Waals surface area contributed by atoms with Crippen molar-refractivity contribution in [3.63, 3.8) is 0 Å². The van der Waals surface area contributed by atoms with Gasteiger partial charge in [0.25, 0.3) is 5.91 Å². The predicted octanol–water partition coefficient (Wildman–Crippen LogP) is 2.33. The smallest absolute Gasteiger partial charge is 0.307 e. The number of carboxylic acids is 1. The zero-order chi connectivity index (χ0) is 16.0. The maximum absolute atomic E-state index is 12.8. The van der Waals surface area contributed by atoms with Crippen LogP contribution in [0.1, 0.15) is 61.5 Å². The number of nitrogens with zero attached hydrogens (tertiary/aromatic N) is 3. The number of carbonyl (C=O) groups excluding carboxylic acids is 1. The van der Waals surface area contributed by atoms with E-state index in [1.165, 1.54) is 12.8 Å². The summed E-state index contributed by atoms with van der Waals surface area (Å²) in [5, 5.41) is 13.5. The molecule has 1 spiro atoms. The molecule has 1 amide bonds. The number of aromatic nitrogens is 2. The molecule has 2 saturated carbocycles. The molecular weight excluding hydrogens is 294 g/mol. The molecule has 124 valence electrons. The molecule has 6 nitrogen and oxygen atoms in total. The Labute approximate surface area is 135 Å². The van der Waals surface area contributed by atoms with E-state index in [1.807, 2.05) is 15.6 Å². The molecule has 0 aromatic carbocycles. The third kappa shape index (κ3) is 2.44. The van der Waals surface area contributed by atoms with Crippen molar-refractivity contribution in [3.05, 3.63) is 18.0 Å². The monoisotopic (exact) mass is 317 g/mol. The van der Waals surface area contributed by atoms with Crippen LogP contribution in [0.5, 0.6) is 0 Å². The van der Waals surface area contributed by atoms with Crippen molar-refractivity contribution in [3.8, 4) is 0 Å². The second kappa shape index (κ2) is 5.35. The topological polar surface area (TPSA) is 75.4 Å². The maximum Gasteiger partial charge on any atom is 0.307 e. The molecule has 1 saturated heterocycles. The second-order valence-electron chi connectivity index (χ2n) is 7.35. The molecule has 2 heterocycles. The Bertz CT molecular complexity index is 625. The lowest BCUT2D eigenvalue weighted by Crippen LogP contribution is -2.41. The van der Waals surface area contributed by atoms with Crippen LogP contribution in [0.25, 0.3) is 0 Å². The van der Waals surface area contributed by atoms with E-state index in [4.69, 9.17) is 5.11 Å². The summed E-state index contributed by atoms with van der Waals surface area (Å²) in [5.41, 5.74) is 0.660. The summed E-state index contributed by atoms with van der Waals surface area (Å²) in [6, 6.07) is 2.18. The van der Waals surface area contributed by atoms with Crippen molar-refractivity contribution in [1.29, 1.82) is 0 Å². The Hall–Kier alpha value is -1.85. The largest absolute Gasteiger partial charge is 0.481 e. The molecule has 23 heavy (non-hydrogen) atoms. The molecular formula is C17H23N3O3. The summed E-state index contributed by atoms with van der Waals surface area (Å²) in [6.45, 7) is 1.33. The number of piperidine rings is 1. The van der Waals surface area contributed by atoms with Crippen molar-refractivity contribution in [2.24, 2.45) is 11.3 Å². The molecule has 1 N–H and O–H groups in total. The lowest BCUT2D eigenvalue weighted by molar-refractivity contribution is -0.139. The summed E-state index contributed by atoms with van der Waals surface area (Å²) in [7, 11) is 0. The van der Waals surface area contributed by atoms with Crippen molar-refractivity contribution in [1.82, 2.24) is 14.7 Å². The first-order chi connectivity index (χ1) is 11.1. The van der Waals surface area contributed by atoms with E-state index in [-0.39, 0.29) is 17.2 Å². The molecule has 1 aliphatic heterocycles. The number of aliphatic carboxylic acids is 1. The van der Waals surface area contributed by atoms with E-state index in [1.54, 1.807) is 6.20 Å². The average Bonchev–Trinajstić information content (AvgIpc) is 2.97. The first kappa shape index (κ1) is 14.7. The third-order valence-corrected chi connectivity index (χ3v) is 6.09. The van der Waals surface area contributed by atoms with Gasteiger partial charge in [-0.05, 0) is 43.6 Å². The molecule has 1 atom stereocenters. The predicted molar refractivity (Wildman–Crippen MR) is 83.0 cm³/mol. The number of likely N-dealkylation sites (tertiary alicyclic amines) is 1. The number of rotatable bonds is 3. The first-order valence-electron chi connectivity index (χ1n) is 8.66. The standard InChI is InChI=1S/C17H23N3O3/c21-15(14-5-8-18-20(14)12-3-1-2-4-12)19-9-6-17(7-10-19)11-13(17)16(22)23/h5,8,12-13H,1-4,6-7,9-11H2,(H,22,23)/t13-/m1/s1. The summed E-state index contributed by atoms with van der Waals surface area (Å²) in [6.07, 6.45) is 8.75. The molecule has 0 radical (unpaired) electrons. The van der Waals surface area contributed by atoms with Crippen LogP contribution in [0, 0.1) is 11.3 Å². The van der Waals surface area contributed by atoms with Gasteiger partial charge in [0.1, 0.15) is 5.69 Å². The van der Waals surface area contributed by atoms with Gasteiger partial charge in [-0.1, -0.05) is 12.8 Å². The Morgan fingerprint density at radius 2 is 1.91 bits per heavy atom. The Morgan fingerprint density at radius 3 is 2.52 bits per heavy atom.